The van der Waals surface area contributed by atoms with Crippen LogP contribution >= 0.6 is 0 Å². The molecule has 310 valence electrons. The Kier molecular flexibility index (Phi) is 12.3. The number of aliphatic hydroxyl groups is 8. The van der Waals surface area contributed by atoms with E-state index in [1.54, 1.807) is 0 Å². The molecular weight excluding hydrogens is 696 g/mol. The van der Waals surface area contributed by atoms with E-state index in [2.05, 4.69) is 61.1 Å². The Labute approximate surface area is 321 Å². The lowest BCUT2D eigenvalue weighted by atomic mass is 9.35. The summed E-state index contributed by atoms with van der Waals surface area (Å²) in [5, 5.41) is 85.4. The first-order valence-corrected chi connectivity index (χ1v) is 20.5. The number of aliphatic hydroxyl groups excluding tert-OH is 8. The van der Waals surface area contributed by atoms with Crippen molar-refractivity contribution < 1.29 is 59.8 Å². The zero-order valence-corrected chi connectivity index (χ0v) is 33.5. The Morgan fingerprint density at radius 3 is 1.96 bits per heavy atom. The van der Waals surface area contributed by atoms with Crippen molar-refractivity contribution in [2.24, 2.45) is 45.3 Å². The molecule has 0 amide bonds. The lowest BCUT2D eigenvalue weighted by Gasteiger charge is -2.70. The zero-order valence-electron chi connectivity index (χ0n) is 33.5. The van der Waals surface area contributed by atoms with Crippen LogP contribution in [0.3, 0.4) is 0 Å². The molecule has 6 aliphatic rings. The van der Waals surface area contributed by atoms with E-state index in [-0.39, 0.29) is 34.2 Å². The molecular formula is C42H70O12. The molecule has 0 spiro atoms. The number of hydrogen-bond acceptors (Lipinski definition) is 12. The summed E-state index contributed by atoms with van der Waals surface area (Å²) in [6, 6.07) is 0. The van der Waals surface area contributed by atoms with E-state index < -0.39 is 86.1 Å². The van der Waals surface area contributed by atoms with Crippen LogP contribution in [-0.4, -0.2) is 128 Å². The van der Waals surface area contributed by atoms with Crippen LogP contribution in [0.2, 0.25) is 0 Å². The molecule has 2 saturated heterocycles. The Morgan fingerprint density at radius 2 is 1.33 bits per heavy atom. The highest BCUT2D eigenvalue weighted by Crippen LogP contribution is 2.75. The van der Waals surface area contributed by atoms with Crippen LogP contribution in [0.5, 0.6) is 0 Å². The van der Waals surface area contributed by atoms with Crippen LogP contribution in [-0.2, 0) is 18.9 Å². The molecule has 0 aromatic carbocycles. The van der Waals surface area contributed by atoms with Gasteiger partial charge in [-0.1, -0.05) is 58.4 Å². The second kappa shape index (κ2) is 15.6. The van der Waals surface area contributed by atoms with E-state index in [9.17, 15) is 40.9 Å². The molecule has 0 aromatic rings. The van der Waals surface area contributed by atoms with E-state index in [0.29, 0.717) is 18.3 Å². The van der Waals surface area contributed by atoms with Crippen molar-refractivity contribution in [2.75, 3.05) is 13.2 Å². The van der Waals surface area contributed by atoms with Gasteiger partial charge in [0.1, 0.15) is 48.8 Å². The first-order chi connectivity index (χ1) is 25.3. The van der Waals surface area contributed by atoms with Crippen LogP contribution in [0.15, 0.2) is 23.8 Å². The molecule has 12 nitrogen and oxygen atoms in total. The maximum absolute atomic E-state index is 12.1. The Morgan fingerprint density at radius 1 is 0.722 bits per heavy atom. The maximum atomic E-state index is 12.1. The van der Waals surface area contributed by atoms with Gasteiger partial charge in [0, 0.05) is 0 Å². The average molecular weight is 767 g/mol. The number of allylic oxidation sites excluding steroid dienone is 3. The number of ether oxygens (including phenoxy) is 4. The van der Waals surface area contributed by atoms with Crippen molar-refractivity contribution in [1.29, 1.82) is 0 Å². The first-order valence-electron chi connectivity index (χ1n) is 20.5. The summed E-state index contributed by atoms with van der Waals surface area (Å²) in [6.45, 7) is 19.4. The summed E-state index contributed by atoms with van der Waals surface area (Å²) in [6.07, 6.45) is -5.12. The maximum Gasteiger partial charge on any atom is 0.187 e. The normalized spacial score (nSPS) is 51.5. The molecule has 4 aliphatic carbocycles. The highest BCUT2D eigenvalue weighted by molar-refractivity contribution is 5.22. The third-order valence-electron chi connectivity index (χ3n) is 16.1. The van der Waals surface area contributed by atoms with Crippen molar-refractivity contribution in [3.05, 3.63) is 23.8 Å². The molecule has 0 bridgehead atoms. The average Bonchev–Trinajstić information content (AvgIpc) is 3.49. The Hall–Kier alpha value is -1.00. The highest BCUT2D eigenvalue weighted by atomic mass is 16.8. The fourth-order valence-corrected chi connectivity index (χ4v) is 13.0. The molecule has 12 heteroatoms. The van der Waals surface area contributed by atoms with Crippen LogP contribution in [0.1, 0.15) is 106 Å². The molecule has 2 heterocycles. The van der Waals surface area contributed by atoms with E-state index >= 15 is 0 Å². The van der Waals surface area contributed by atoms with Gasteiger partial charge in [0.15, 0.2) is 12.6 Å². The summed E-state index contributed by atoms with van der Waals surface area (Å²) < 4.78 is 24.4. The van der Waals surface area contributed by atoms with Gasteiger partial charge in [-0.25, -0.2) is 0 Å². The van der Waals surface area contributed by atoms with Gasteiger partial charge < -0.3 is 59.8 Å². The molecule has 54 heavy (non-hydrogen) atoms. The third-order valence-corrected chi connectivity index (χ3v) is 16.1. The predicted octanol–water partition coefficient (Wildman–Crippen LogP) is 2.95. The lowest BCUT2D eigenvalue weighted by Crippen LogP contribution is -2.67. The SMILES string of the molecule is C=C(CCC=C(C)C)[C@H]1CC[C@]2(C)[C@@H]1[C@H](O)C[C@@H]1[C@@]3(C)CC[C@H](O[C@H]4O[C@H](CO)[C@@H](O)[C@H](O)[C@H]4O[C@@H]4O[C@H](CO)[C@@H](O)[C@H](O)[C@H]4O)C(C)(C)[C@@H]3CC[C@]12C. The van der Waals surface area contributed by atoms with Gasteiger partial charge in [-0.3, -0.25) is 0 Å². The minimum atomic E-state index is -1.74. The van der Waals surface area contributed by atoms with Crippen molar-refractivity contribution in [1.82, 2.24) is 0 Å². The fraction of sp³-hybridized carbons (Fsp3) is 0.905. The van der Waals surface area contributed by atoms with Crippen LogP contribution in [0.25, 0.3) is 0 Å². The minimum Gasteiger partial charge on any atom is -0.394 e. The molecule has 0 radical (unpaired) electrons. The molecule has 19 atom stereocenters. The Bertz CT molecular complexity index is 1370. The molecule has 2 aliphatic heterocycles. The molecule has 8 N–H and O–H groups in total. The molecule has 0 unspecified atom stereocenters. The van der Waals surface area contributed by atoms with E-state index in [4.69, 9.17) is 18.9 Å². The van der Waals surface area contributed by atoms with Crippen molar-refractivity contribution in [2.45, 2.75) is 180 Å². The predicted molar refractivity (Wildman–Crippen MR) is 199 cm³/mol. The molecule has 6 fully saturated rings. The van der Waals surface area contributed by atoms with E-state index in [1.807, 2.05) is 0 Å². The second-order valence-electron chi connectivity index (χ2n) is 19.4. The monoisotopic (exact) mass is 766 g/mol. The summed E-state index contributed by atoms with van der Waals surface area (Å²) in [5.41, 5.74) is 2.12. The standard InChI is InChI=1S/C42H70O12/c1-21(2)10-9-11-22(3)23-12-16-42(8)30(23)24(45)18-28-40(6)15-14-29(39(4,5)27(40)13-17-41(28,42)7)53-38-36(34(49)32(47)26(20-44)52-38)54-37-35(50)33(48)31(46)25(19-43)51-37/h10,23-38,43-50H,3,9,11-20H2,1-2,4-8H3/t23-,24-,25-,26-,27+,28-,29+,30+,31-,32-,33+,34+,35-,36-,37+,38-,40+,41-,42-/m1/s1. The zero-order chi connectivity index (χ0) is 39.7. The quantitative estimate of drug-likeness (QED) is 0.120. The largest absolute Gasteiger partial charge is 0.394 e. The second-order valence-corrected chi connectivity index (χ2v) is 19.4. The summed E-state index contributed by atoms with van der Waals surface area (Å²) in [7, 11) is 0. The summed E-state index contributed by atoms with van der Waals surface area (Å²) >= 11 is 0. The van der Waals surface area contributed by atoms with Gasteiger partial charge in [0.05, 0.1) is 25.4 Å². The van der Waals surface area contributed by atoms with Crippen LogP contribution < -0.4 is 0 Å². The molecule has 6 rings (SSSR count). The smallest absolute Gasteiger partial charge is 0.187 e. The van der Waals surface area contributed by atoms with Gasteiger partial charge >= 0.3 is 0 Å². The van der Waals surface area contributed by atoms with E-state index in [1.165, 1.54) is 11.1 Å². The number of hydrogen-bond donors (Lipinski definition) is 8. The van der Waals surface area contributed by atoms with Gasteiger partial charge in [0.2, 0.25) is 0 Å². The summed E-state index contributed by atoms with van der Waals surface area (Å²) in [5.74, 6) is 1.03. The van der Waals surface area contributed by atoms with Gasteiger partial charge in [-0.2, -0.15) is 0 Å². The number of rotatable bonds is 10. The van der Waals surface area contributed by atoms with Gasteiger partial charge in [-0.15, -0.1) is 0 Å². The molecule has 0 aromatic heterocycles. The van der Waals surface area contributed by atoms with Crippen molar-refractivity contribution in [3.8, 4) is 0 Å². The topological polar surface area (TPSA) is 199 Å². The van der Waals surface area contributed by atoms with Gasteiger partial charge in [-0.05, 0) is 117 Å². The van der Waals surface area contributed by atoms with Crippen molar-refractivity contribution >= 4 is 0 Å². The van der Waals surface area contributed by atoms with Crippen LogP contribution in [0.4, 0.5) is 0 Å². The van der Waals surface area contributed by atoms with Crippen molar-refractivity contribution in [3.63, 3.8) is 0 Å². The molecule has 4 saturated carbocycles. The minimum absolute atomic E-state index is 0.0217. The number of fused-ring (bicyclic) bond motifs is 5. The van der Waals surface area contributed by atoms with E-state index in [0.717, 1.165) is 51.4 Å². The Balaban J connectivity index is 1.22. The van der Waals surface area contributed by atoms with Crippen LogP contribution in [0, 0.1) is 45.3 Å². The third kappa shape index (κ3) is 6.89. The first kappa shape index (κ1) is 42.6. The highest BCUT2D eigenvalue weighted by Gasteiger charge is 2.70. The fourth-order valence-electron chi connectivity index (χ4n) is 13.0. The van der Waals surface area contributed by atoms with Gasteiger partial charge in [0.25, 0.3) is 0 Å². The lowest BCUT2D eigenvalue weighted by molar-refractivity contribution is -0.378. The summed E-state index contributed by atoms with van der Waals surface area (Å²) in [4.78, 5) is 0.